The van der Waals surface area contributed by atoms with Crippen molar-refractivity contribution in [2.24, 2.45) is 0 Å². The fraction of sp³-hybridized carbons (Fsp3) is 0.476. The maximum absolute atomic E-state index is 12.8. The second kappa shape index (κ2) is 10.00. The largest absolute Gasteiger partial charge is 0.460 e. The molecule has 3 rings (SSSR count). The van der Waals surface area contributed by atoms with Gasteiger partial charge in [0.1, 0.15) is 6.10 Å². The molecule has 2 aromatic rings. The van der Waals surface area contributed by atoms with Crippen LogP contribution in [-0.2, 0) is 11.2 Å². The molecule has 6 heteroatoms. The second-order valence-electron chi connectivity index (χ2n) is 7.04. The molecule has 0 radical (unpaired) electrons. The van der Waals surface area contributed by atoms with Gasteiger partial charge in [-0.25, -0.2) is 14.4 Å². The Morgan fingerprint density at radius 3 is 2.48 bits per heavy atom. The summed E-state index contributed by atoms with van der Waals surface area (Å²) in [6, 6.07) is 10.8. The Balaban J connectivity index is 1.29. The van der Waals surface area contributed by atoms with Crippen LogP contribution in [0.15, 0.2) is 42.7 Å². The Morgan fingerprint density at radius 2 is 1.78 bits per heavy atom. The molecule has 0 unspecified atom stereocenters. The summed E-state index contributed by atoms with van der Waals surface area (Å²) in [5.74, 6) is -0.341. The van der Waals surface area contributed by atoms with E-state index in [1.807, 2.05) is 18.2 Å². The molecule has 0 saturated heterocycles. The predicted octanol–water partition coefficient (Wildman–Crippen LogP) is 3.83. The summed E-state index contributed by atoms with van der Waals surface area (Å²) < 4.78 is 18.5. The molecule has 1 heterocycles. The minimum atomic E-state index is -0.475. The molecule has 27 heavy (non-hydrogen) atoms. The molecule has 1 aromatic heterocycles. The Bertz CT molecular complexity index is 701. The van der Waals surface area contributed by atoms with Gasteiger partial charge in [0, 0.05) is 12.5 Å². The molecule has 1 aliphatic rings. The third-order valence-corrected chi connectivity index (χ3v) is 4.87. The summed E-state index contributed by atoms with van der Waals surface area (Å²) in [5, 5.41) is 3.13. The molecule has 1 aromatic carbocycles. The molecule has 0 aliphatic heterocycles. The first-order valence-corrected chi connectivity index (χ1v) is 9.66. The number of aromatic nitrogens is 2. The zero-order valence-electron chi connectivity index (χ0n) is 15.4. The molecule has 144 valence electrons. The number of nitrogens with one attached hydrogen (secondary N) is 1. The zero-order chi connectivity index (χ0) is 18.9. The summed E-state index contributed by atoms with van der Waals surface area (Å²) in [5.41, 5.74) is 1.32. The Hall–Kier alpha value is -2.50. The summed E-state index contributed by atoms with van der Waals surface area (Å²) in [4.78, 5) is 19.8. The number of hydrogen-bond acceptors (Lipinski definition) is 4. The minimum absolute atomic E-state index is 0.0227. The van der Waals surface area contributed by atoms with Crippen molar-refractivity contribution in [1.82, 2.24) is 15.3 Å². The third-order valence-electron chi connectivity index (χ3n) is 4.87. The number of nitrogens with zero attached hydrogens (tertiary/aromatic N) is 2. The van der Waals surface area contributed by atoms with Gasteiger partial charge in [-0.15, -0.1) is 0 Å². The average Bonchev–Trinajstić information content (AvgIpc) is 2.69. The van der Waals surface area contributed by atoms with E-state index in [2.05, 4.69) is 27.4 Å². The SMILES string of the molecule is O=C(CCCCc1ccccc1)NC1CCC(Oc2ncc(F)cn2)CC1. The molecule has 1 fully saturated rings. The standard InChI is InChI=1S/C21H26FN3O2/c22-17-14-23-21(24-15-17)27-19-12-10-18(11-13-19)25-20(26)9-5-4-8-16-6-2-1-3-7-16/h1-3,6-7,14-15,18-19H,4-5,8-13H2,(H,25,26). The van der Waals surface area contributed by atoms with E-state index in [0.717, 1.165) is 57.3 Å². The van der Waals surface area contributed by atoms with Gasteiger partial charge < -0.3 is 10.1 Å². The minimum Gasteiger partial charge on any atom is -0.460 e. The molecule has 1 saturated carbocycles. The lowest BCUT2D eigenvalue weighted by Crippen LogP contribution is -2.39. The lowest BCUT2D eigenvalue weighted by atomic mass is 9.93. The predicted molar refractivity (Wildman–Crippen MR) is 101 cm³/mol. The number of hydrogen-bond donors (Lipinski definition) is 1. The third kappa shape index (κ3) is 6.62. The topological polar surface area (TPSA) is 64.1 Å². The van der Waals surface area contributed by atoms with Crippen molar-refractivity contribution in [2.45, 2.75) is 63.5 Å². The van der Waals surface area contributed by atoms with Crippen molar-refractivity contribution in [2.75, 3.05) is 0 Å². The van der Waals surface area contributed by atoms with Crippen molar-refractivity contribution in [1.29, 1.82) is 0 Å². The zero-order valence-corrected chi connectivity index (χ0v) is 15.4. The van der Waals surface area contributed by atoms with Crippen molar-refractivity contribution in [3.8, 4) is 6.01 Å². The first-order valence-electron chi connectivity index (χ1n) is 9.66. The number of benzene rings is 1. The molecule has 0 atom stereocenters. The van der Waals surface area contributed by atoms with E-state index in [1.165, 1.54) is 5.56 Å². The first kappa shape index (κ1) is 19.3. The van der Waals surface area contributed by atoms with Gasteiger partial charge in [-0.1, -0.05) is 30.3 Å². The number of rotatable bonds is 8. The van der Waals surface area contributed by atoms with Crippen LogP contribution in [0.2, 0.25) is 0 Å². The summed E-state index contributed by atoms with van der Waals surface area (Å²) >= 11 is 0. The van der Waals surface area contributed by atoms with Crippen molar-refractivity contribution < 1.29 is 13.9 Å². The van der Waals surface area contributed by atoms with Gasteiger partial charge in [0.2, 0.25) is 5.91 Å². The second-order valence-corrected chi connectivity index (χ2v) is 7.04. The molecule has 1 amide bonds. The summed E-state index contributed by atoms with van der Waals surface area (Å²) in [6.45, 7) is 0. The van der Waals surface area contributed by atoms with E-state index >= 15 is 0 Å². The van der Waals surface area contributed by atoms with Gasteiger partial charge >= 0.3 is 6.01 Å². The number of carbonyl (C=O) groups excluding carboxylic acids is 1. The molecular weight excluding hydrogens is 345 g/mol. The Morgan fingerprint density at radius 1 is 1.07 bits per heavy atom. The first-order chi connectivity index (χ1) is 13.2. The van der Waals surface area contributed by atoms with E-state index in [0.29, 0.717) is 6.42 Å². The number of halogens is 1. The molecule has 1 N–H and O–H groups in total. The van der Waals surface area contributed by atoms with Crippen molar-refractivity contribution >= 4 is 5.91 Å². The van der Waals surface area contributed by atoms with E-state index < -0.39 is 5.82 Å². The molecule has 0 spiro atoms. The summed E-state index contributed by atoms with van der Waals surface area (Å²) in [6.07, 6.45) is 9.17. The molecule has 5 nitrogen and oxygen atoms in total. The molecule has 0 bridgehead atoms. The van der Waals surface area contributed by atoms with E-state index in [9.17, 15) is 9.18 Å². The number of ether oxygens (including phenoxy) is 1. The lowest BCUT2D eigenvalue weighted by molar-refractivity contribution is -0.122. The Labute approximate surface area is 159 Å². The number of unbranched alkanes of at least 4 members (excludes halogenated alkanes) is 1. The van der Waals surface area contributed by atoms with Crippen LogP contribution < -0.4 is 10.1 Å². The van der Waals surface area contributed by atoms with E-state index in [-0.39, 0.29) is 24.1 Å². The van der Waals surface area contributed by atoms with Gasteiger partial charge in [0.25, 0.3) is 0 Å². The van der Waals surface area contributed by atoms with Crippen LogP contribution in [0, 0.1) is 5.82 Å². The fourth-order valence-electron chi connectivity index (χ4n) is 3.39. The summed E-state index contributed by atoms with van der Waals surface area (Å²) in [7, 11) is 0. The highest BCUT2D eigenvalue weighted by Gasteiger charge is 2.24. The van der Waals surface area contributed by atoms with Gasteiger partial charge in [-0.05, 0) is 50.5 Å². The molecule has 1 aliphatic carbocycles. The highest BCUT2D eigenvalue weighted by atomic mass is 19.1. The van der Waals surface area contributed by atoms with Gasteiger partial charge in [-0.2, -0.15) is 0 Å². The van der Waals surface area contributed by atoms with Crippen LogP contribution in [-0.4, -0.2) is 28.0 Å². The van der Waals surface area contributed by atoms with Crippen LogP contribution in [0.25, 0.3) is 0 Å². The highest BCUT2D eigenvalue weighted by molar-refractivity contribution is 5.76. The average molecular weight is 371 g/mol. The monoisotopic (exact) mass is 371 g/mol. The highest BCUT2D eigenvalue weighted by Crippen LogP contribution is 2.22. The van der Waals surface area contributed by atoms with Crippen LogP contribution in [0.5, 0.6) is 6.01 Å². The van der Waals surface area contributed by atoms with Gasteiger partial charge in [0.05, 0.1) is 12.4 Å². The molecular formula is C21H26FN3O2. The van der Waals surface area contributed by atoms with Crippen LogP contribution in [0.4, 0.5) is 4.39 Å². The quantitative estimate of drug-likeness (QED) is 0.716. The smallest absolute Gasteiger partial charge is 0.316 e. The number of carbonyl (C=O) groups is 1. The number of aryl methyl sites for hydroxylation is 1. The maximum Gasteiger partial charge on any atom is 0.316 e. The van der Waals surface area contributed by atoms with E-state index in [1.54, 1.807) is 0 Å². The Kier molecular flexibility index (Phi) is 7.13. The normalized spacial score (nSPS) is 19.4. The van der Waals surface area contributed by atoms with Crippen molar-refractivity contribution in [3.05, 3.63) is 54.1 Å². The van der Waals surface area contributed by atoms with Gasteiger partial charge in [0.15, 0.2) is 5.82 Å². The van der Waals surface area contributed by atoms with E-state index in [4.69, 9.17) is 4.74 Å². The fourth-order valence-corrected chi connectivity index (χ4v) is 3.39. The van der Waals surface area contributed by atoms with Crippen LogP contribution >= 0.6 is 0 Å². The van der Waals surface area contributed by atoms with Crippen molar-refractivity contribution in [3.63, 3.8) is 0 Å². The maximum atomic E-state index is 12.8. The van der Waals surface area contributed by atoms with Crippen LogP contribution in [0.3, 0.4) is 0 Å². The lowest BCUT2D eigenvalue weighted by Gasteiger charge is -2.28. The van der Waals surface area contributed by atoms with Gasteiger partial charge in [-0.3, -0.25) is 4.79 Å². The van der Waals surface area contributed by atoms with Crippen LogP contribution in [0.1, 0.15) is 50.5 Å². The number of amides is 1.